The molecule has 0 aliphatic carbocycles. The molecule has 3 rings (SSSR count). The Labute approximate surface area is 170 Å². The molecular weight excluding hydrogens is 392 g/mol. The molecule has 1 fully saturated rings. The summed E-state index contributed by atoms with van der Waals surface area (Å²) in [6.07, 6.45) is 4.63. The van der Waals surface area contributed by atoms with Gasteiger partial charge in [0.15, 0.2) is 0 Å². The van der Waals surface area contributed by atoms with Crippen LogP contribution in [-0.4, -0.2) is 38.0 Å². The first-order chi connectivity index (χ1) is 13.5. The highest BCUT2D eigenvalue weighted by Crippen LogP contribution is 2.24. The summed E-state index contributed by atoms with van der Waals surface area (Å²) in [5.41, 5.74) is 1.62. The molecule has 0 unspecified atom stereocenters. The number of carbonyl (C=O) groups is 1. The maximum absolute atomic E-state index is 12.5. The van der Waals surface area contributed by atoms with Gasteiger partial charge in [-0.25, -0.2) is 8.42 Å². The standard InChI is InChI=1S/C21H24N2O3S2/c1-27-20-9-5-8-19(16-20)22-21(24)18-10-13-23(14-11-18)28(25,26)15-12-17-6-3-2-4-7-17/h2-9,12,15-16,18H,10-11,13-14H2,1H3,(H,22,24)/b15-12-. The van der Waals surface area contributed by atoms with Crippen molar-refractivity contribution < 1.29 is 13.2 Å². The van der Waals surface area contributed by atoms with Crippen molar-refractivity contribution in [2.75, 3.05) is 24.7 Å². The van der Waals surface area contributed by atoms with Gasteiger partial charge in [-0.3, -0.25) is 4.79 Å². The van der Waals surface area contributed by atoms with E-state index in [1.807, 2.05) is 60.9 Å². The predicted octanol–water partition coefficient (Wildman–Crippen LogP) is 4.06. The molecule has 2 aromatic carbocycles. The van der Waals surface area contributed by atoms with Crippen molar-refractivity contribution >= 4 is 39.5 Å². The molecule has 0 spiro atoms. The van der Waals surface area contributed by atoms with Crippen LogP contribution >= 0.6 is 11.8 Å². The SMILES string of the molecule is CSc1cccc(NC(=O)C2CCN(S(=O)(=O)/C=C\c3ccccc3)CC2)c1. The summed E-state index contributed by atoms with van der Waals surface area (Å²) in [7, 11) is -3.48. The molecule has 1 aliphatic rings. The number of benzene rings is 2. The topological polar surface area (TPSA) is 66.5 Å². The molecule has 7 heteroatoms. The first kappa shape index (κ1) is 20.6. The molecule has 1 heterocycles. The zero-order valence-corrected chi connectivity index (χ0v) is 17.4. The third-order valence-electron chi connectivity index (χ3n) is 4.75. The number of hydrogen-bond donors (Lipinski definition) is 1. The monoisotopic (exact) mass is 416 g/mol. The highest BCUT2D eigenvalue weighted by atomic mass is 32.2. The Hall–Kier alpha value is -2.09. The Morgan fingerprint density at radius 2 is 1.82 bits per heavy atom. The van der Waals surface area contributed by atoms with Gasteiger partial charge in [0, 0.05) is 35.0 Å². The average molecular weight is 417 g/mol. The van der Waals surface area contributed by atoms with E-state index in [0.717, 1.165) is 16.1 Å². The fraction of sp³-hybridized carbons (Fsp3) is 0.286. The van der Waals surface area contributed by atoms with Gasteiger partial charge in [-0.05, 0) is 48.9 Å². The van der Waals surface area contributed by atoms with Gasteiger partial charge in [-0.1, -0.05) is 36.4 Å². The number of carbonyl (C=O) groups excluding carboxylic acids is 1. The normalized spacial score (nSPS) is 16.3. The van der Waals surface area contributed by atoms with Gasteiger partial charge in [0.1, 0.15) is 0 Å². The number of thioether (sulfide) groups is 1. The van der Waals surface area contributed by atoms with E-state index in [4.69, 9.17) is 0 Å². The van der Waals surface area contributed by atoms with Crippen LogP contribution in [0.4, 0.5) is 5.69 Å². The molecule has 5 nitrogen and oxygen atoms in total. The molecule has 1 N–H and O–H groups in total. The second kappa shape index (κ2) is 9.41. The minimum atomic E-state index is -3.48. The summed E-state index contributed by atoms with van der Waals surface area (Å²) in [5, 5.41) is 4.20. The number of piperidine rings is 1. The minimum Gasteiger partial charge on any atom is -0.326 e. The summed E-state index contributed by atoms with van der Waals surface area (Å²) in [6, 6.07) is 17.0. The molecule has 148 valence electrons. The number of amides is 1. The Kier molecular flexibility index (Phi) is 6.93. The molecule has 0 bridgehead atoms. The van der Waals surface area contributed by atoms with Crippen molar-refractivity contribution in [3.63, 3.8) is 0 Å². The number of hydrogen-bond acceptors (Lipinski definition) is 4. The van der Waals surface area contributed by atoms with Crippen LogP contribution in [0, 0.1) is 5.92 Å². The second-order valence-corrected chi connectivity index (χ2v) is 9.35. The number of rotatable bonds is 6. The Balaban J connectivity index is 1.56. The maximum Gasteiger partial charge on any atom is 0.236 e. The van der Waals surface area contributed by atoms with Gasteiger partial charge in [0.05, 0.1) is 0 Å². The fourth-order valence-corrected chi connectivity index (χ4v) is 4.81. The average Bonchev–Trinajstić information content (AvgIpc) is 2.73. The van der Waals surface area contributed by atoms with E-state index in [2.05, 4.69) is 5.32 Å². The molecule has 0 aromatic heterocycles. The first-order valence-electron chi connectivity index (χ1n) is 9.16. The van der Waals surface area contributed by atoms with E-state index in [1.54, 1.807) is 17.8 Å². The molecule has 1 saturated heterocycles. The van der Waals surface area contributed by atoms with Crippen LogP contribution < -0.4 is 5.32 Å². The second-order valence-electron chi connectivity index (χ2n) is 6.65. The summed E-state index contributed by atoms with van der Waals surface area (Å²) in [5.74, 6) is -0.224. The van der Waals surface area contributed by atoms with E-state index in [1.165, 1.54) is 9.71 Å². The van der Waals surface area contributed by atoms with E-state index < -0.39 is 10.0 Å². The Bertz CT molecular complexity index is 935. The molecule has 28 heavy (non-hydrogen) atoms. The van der Waals surface area contributed by atoms with Gasteiger partial charge in [0.25, 0.3) is 0 Å². The molecule has 0 radical (unpaired) electrons. The number of sulfonamides is 1. The van der Waals surface area contributed by atoms with E-state index >= 15 is 0 Å². The van der Waals surface area contributed by atoms with Gasteiger partial charge in [-0.2, -0.15) is 4.31 Å². The van der Waals surface area contributed by atoms with Gasteiger partial charge >= 0.3 is 0 Å². The first-order valence-corrected chi connectivity index (χ1v) is 11.9. The lowest BCUT2D eigenvalue weighted by Crippen LogP contribution is -2.40. The lowest BCUT2D eigenvalue weighted by Gasteiger charge is -2.29. The van der Waals surface area contributed by atoms with Crippen LogP contribution in [0.1, 0.15) is 18.4 Å². The number of nitrogens with zero attached hydrogens (tertiary/aromatic N) is 1. The van der Waals surface area contributed by atoms with Crippen LogP contribution in [0.25, 0.3) is 6.08 Å². The molecule has 2 aromatic rings. The van der Waals surface area contributed by atoms with Crippen molar-refractivity contribution in [2.45, 2.75) is 17.7 Å². The van der Waals surface area contributed by atoms with Crippen molar-refractivity contribution in [1.29, 1.82) is 0 Å². The summed E-state index contributed by atoms with van der Waals surface area (Å²) >= 11 is 1.62. The molecule has 1 amide bonds. The van der Waals surface area contributed by atoms with Crippen molar-refractivity contribution in [2.24, 2.45) is 5.92 Å². The number of nitrogens with one attached hydrogen (secondary N) is 1. The highest BCUT2D eigenvalue weighted by Gasteiger charge is 2.30. The third kappa shape index (κ3) is 5.47. The van der Waals surface area contributed by atoms with Gasteiger partial charge in [-0.15, -0.1) is 11.8 Å². The highest BCUT2D eigenvalue weighted by molar-refractivity contribution is 7.98. The van der Waals surface area contributed by atoms with Crippen molar-refractivity contribution in [3.05, 3.63) is 65.6 Å². The van der Waals surface area contributed by atoms with Crippen LogP contribution in [0.5, 0.6) is 0 Å². The summed E-state index contributed by atoms with van der Waals surface area (Å²) in [6.45, 7) is 0.703. The van der Waals surface area contributed by atoms with Gasteiger partial charge < -0.3 is 5.32 Å². The summed E-state index contributed by atoms with van der Waals surface area (Å²) < 4.78 is 26.5. The zero-order valence-electron chi connectivity index (χ0n) is 15.7. The van der Waals surface area contributed by atoms with Crippen LogP contribution in [0.2, 0.25) is 0 Å². The van der Waals surface area contributed by atoms with E-state index in [0.29, 0.717) is 25.9 Å². The zero-order chi connectivity index (χ0) is 20.0. The van der Waals surface area contributed by atoms with Crippen molar-refractivity contribution in [3.8, 4) is 0 Å². The van der Waals surface area contributed by atoms with Crippen molar-refractivity contribution in [1.82, 2.24) is 4.31 Å². The Morgan fingerprint density at radius 1 is 1.11 bits per heavy atom. The van der Waals surface area contributed by atoms with Crippen LogP contribution in [0.3, 0.4) is 0 Å². The molecule has 0 atom stereocenters. The predicted molar refractivity (Wildman–Crippen MR) is 116 cm³/mol. The maximum atomic E-state index is 12.5. The number of anilines is 1. The molecule has 1 aliphatic heterocycles. The molecular formula is C21H24N2O3S2. The van der Waals surface area contributed by atoms with E-state index in [-0.39, 0.29) is 11.8 Å². The quantitative estimate of drug-likeness (QED) is 0.721. The lowest BCUT2D eigenvalue weighted by molar-refractivity contribution is -0.120. The minimum absolute atomic E-state index is 0.0462. The fourth-order valence-electron chi connectivity index (χ4n) is 3.13. The van der Waals surface area contributed by atoms with Crippen LogP contribution in [0.15, 0.2) is 64.9 Å². The largest absolute Gasteiger partial charge is 0.326 e. The Morgan fingerprint density at radius 3 is 2.50 bits per heavy atom. The smallest absolute Gasteiger partial charge is 0.236 e. The van der Waals surface area contributed by atoms with E-state index in [9.17, 15) is 13.2 Å². The lowest BCUT2D eigenvalue weighted by atomic mass is 9.97. The van der Waals surface area contributed by atoms with Gasteiger partial charge in [0.2, 0.25) is 15.9 Å². The molecule has 0 saturated carbocycles. The third-order valence-corrected chi connectivity index (χ3v) is 7.04. The van der Waals surface area contributed by atoms with Crippen LogP contribution in [-0.2, 0) is 14.8 Å². The summed E-state index contributed by atoms with van der Waals surface area (Å²) in [4.78, 5) is 13.6.